The Hall–Kier alpha value is -1.11. The van der Waals surface area contributed by atoms with Gasteiger partial charge in [-0.3, -0.25) is 0 Å². The van der Waals surface area contributed by atoms with E-state index in [0.29, 0.717) is 12.2 Å². The molecule has 0 aliphatic heterocycles. The lowest BCUT2D eigenvalue weighted by Gasteiger charge is -2.17. The van der Waals surface area contributed by atoms with Crippen LogP contribution < -0.4 is 10.5 Å². The van der Waals surface area contributed by atoms with E-state index < -0.39 is 10.0 Å². The van der Waals surface area contributed by atoms with Gasteiger partial charge < -0.3 is 10.6 Å². The Bertz CT molecular complexity index is 525. The van der Waals surface area contributed by atoms with Crippen LogP contribution in [0.3, 0.4) is 0 Å². The second-order valence-corrected chi connectivity index (χ2v) is 6.56. The molecule has 20 heavy (non-hydrogen) atoms. The minimum absolute atomic E-state index is 0.225. The summed E-state index contributed by atoms with van der Waals surface area (Å²) in [5.74, 6) is 0. The number of rotatable bonds is 8. The molecule has 0 radical (unpaired) electrons. The minimum Gasteiger partial charge on any atom is -0.398 e. The van der Waals surface area contributed by atoms with Crippen LogP contribution in [-0.4, -0.2) is 39.5 Å². The second kappa shape index (κ2) is 7.61. The van der Waals surface area contributed by atoms with Crippen LogP contribution in [0.25, 0.3) is 0 Å². The van der Waals surface area contributed by atoms with Gasteiger partial charge in [0.25, 0.3) is 0 Å². The molecule has 0 atom stereocenters. The van der Waals surface area contributed by atoms with E-state index in [1.165, 1.54) is 6.07 Å². The van der Waals surface area contributed by atoms with Gasteiger partial charge in [0.15, 0.2) is 0 Å². The van der Waals surface area contributed by atoms with E-state index in [2.05, 4.69) is 23.5 Å². The maximum atomic E-state index is 12.1. The third-order valence-electron chi connectivity index (χ3n) is 3.40. The van der Waals surface area contributed by atoms with Gasteiger partial charge in [-0.1, -0.05) is 19.9 Å². The van der Waals surface area contributed by atoms with E-state index in [1.807, 2.05) is 6.92 Å². The molecule has 0 saturated carbocycles. The van der Waals surface area contributed by atoms with Crippen LogP contribution >= 0.6 is 0 Å². The number of nitrogens with zero attached hydrogens (tertiary/aromatic N) is 1. The number of nitrogens with one attached hydrogen (secondary N) is 1. The highest BCUT2D eigenvalue weighted by Crippen LogP contribution is 2.16. The summed E-state index contributed by atoms with van der Waals surface area (Å²) >= 11 is 0. The third kappa shape index (κ3) is 4.77. The van der Waals surface area contributed by atoms with Crippen molar-refractivity contribution in [3.05, 3.63) is 23.8 Å². The predicted molar refractivity (Wildman–Crippen MR) is 83.2 cm³/mol. The first-order valence-corrected chi connectivity index (χ1v) is 8.47. The summed E-state index contributed by atoms with van der Waals surface area (Å²) in [5.41, 5.74) is 7.13. The van der Waals surface area contributed by atoms with Gasteiger partial charge in [-0.25, -0.2) is 13.1 Å². The maximum absolute atomic E-state index is 12.1. The Balaban J connectivity index is 2.55. The molecule has 0 fully saturated rings. The molecule has 3 N–H and O–H groups in total. The predicted octanol–water partition coefficient (Wildman–Crippen LogP) is 1.59. The van der Waals surface area contributed by atoms with Gasteiger partial charge in [0.2, 0.25) is 10.0 Å². The normalized spacial score (nSPS) is 12.0. The molecule has 1 aromatic rings. The molecule has 5 nitrogen and oxygen atoms in total. The van der Waals surface area contributed by atoms with Crippen LogP contribution in [0.4, 0.5) is 5.69 Å². The molecular formula is C14H25N3O2S. The van der Waals surface area contributed by atoms with Crippen molar-refractivity contribution in [1.29, 1.82) is 0 Å². The Morgan fingerprint density at radius 1 is 1.25 bits per heavy atom. The molecule has 0 amide bonds. The molecule has 0 unspecified atom stereocenters. The number of anilines is 1. The fourth-order valence-corrected chi connectivity index (χ4v) is 3.03. The summed E-state index contributed by atoms with van der Waals surface area (Å²) in [4.78, 5) is 2.49. The van der Waals surface area contributed by atoms with E-state index in [4.69, 9.17) is 5.73 Å². The number of sulfonamides is 1. The lowest BCUT2D eigenvalue weighted by Crippen LogP contribution is -2.30. The van der Waals surface area contributed by atoms with Crippen molar-refractivity contribution in [2.45, 2.75) is 32.1 Å². The summed E-state index contributed by atoms with van der Waals surface area (Å²) in [6.07, 6.45) is 0.794. The number of hydrogen-bond donors (Lipinski definition) is 2. The monoisotopic (exact) mass is 299 g/mol. The molecule has 1 rings (SSSR count). The number of benzene rings is 1. The first-order chi connectivity index (χ1) is 9.40. The molecule has 0 heterocycles. The van der Waals surface area contributed by atoms with Gasteiger partial charge in [0.05, 0.1) is 4.90 Å². The van der Waals surface area contributed by atoms with Crippen LogP contribution in [0.2, 0.25) is 0 Å². The van der Waals surface area contributed by atoms with Gasteiger partial charge in [-0.2, -0.15) is 0 Å². The summed E-state index contributed by atoms with van der Waals surface area (Å²) in [5, 5.41) is 0. The van der Waals surface area contributed by atoms with Crippen molar-refractivity contribution < 1.29 is 8.42 Å². The molecule has 0 aromatic heterocycles. The highest BCUT2D eigenvalue weighted by atomic mass is 32.2. The topological polar surface area (TPSA) is 75.4 Å². The van der Waals surface area contributed by atoms with Gasteiger partial charge in [0, 0.05) is 12.2 Å². The largest absolute Gasteiger partial charge is 0.398 e. The fraction of sp³-hybridized carbons (Fsp3) is 0.571. The zero-order valence-electron chi connectivity index (χ0n) is 12.5. The van der Waals surface area contributed by atoms with Crippen molar-refractivity contribution in [3.63, 3.8) is 0 Å². The Morgan fingerprint density at radius 2 is 1.90 bits per heavy atom. The van der Waals surface area contributed by atoms with Gasteiger partial charge in [-0.15, -0.1) is 0 Å². The Morgan fingerprint density at radius 3 is 2.45 bits per heavy atom. The molecule has 114 valence electrons. The highest BCUT2D eigenvalue weighted by molar-refractivity contribution is 7.89. The summed E-state index contributed by atoms with van der Waals surface area (Å²) in [6, 6.07) is 4.81. The van der Waals surface area contributed by atoms with Crippen LogP contribution in [0, 0.1) is 6.92 Å². The number of nitrogen functional groups attached to an aromatic ring is 1. The van der Waals surface area contributed by atoms with E-state index in [1.54, 1.807) is 12.1 Å². The Kier molecular flexibility index (Phi) is 6.45. The average molecular weight is 299 g/mol. The first kappa shape index (κ1) is 16.9. The van der Waals surface area contributed by atoms with E-state index >= 15 is 0 Å². The SMILES string of the molecule is CCN(CC)CCCNS(=O)(=O)c1ccc(C)c(N)c1. The lowest BCUT2D eigenvalue weighted by atomic mass is 10.2. The third-order valence-corrected chi connectivity index (χ3v) is 4.86. The Labute approximate surface area is 122 Å². The van der Waals surface area contributed by atoms with Crippen LogP contribution in [0.5, 0.6) is 0 Å². The van der Waals surface area contributed by atoms with Crippen molar-refractivity contribution in [3.8, 4) is 0 Å². The van der Waals surface area contributed by atoms with Crippen LogP contribution in [0.15, 0.2) is 23.1 Å². The van der Waals surface area contributed by atoms with Crippen LogP contribution in [-0.2, 0) is 10.0 Å². The van der Waals surface area contributed by atoms with Crippen molar-refractivity contribution in [2.24, 2.45) is 0 Å². The molecular weight excluding hydrogens is 274 g/mol. The van der Waals surface area contributed by atoms with Gasteiger partial charge in [-0.05, 0) is 50.7 Å². The fourth-order valence-electron chi connectivity index (χ4n) is 1.92. The molecule has 0 spiro atoms. The van der Waals surface area contributed by atoms with E-state index in [-0.39, 0.29) is 4.90 Å². The smallest absolute Gasteiger partial charge is 0.240 e. The molecule has 0 saturated heterocycles. The average Bonchev–Trinajstić information content (AvgIpc) is 2.42. The quantitative estimate of drug-likeness (QED) is 0.564. The van der Waals surface area contributed by atoms with Gasteiger partial charge in [0.1, 0.15) is 0 Å². The van der Waals surface area contributed by atoms with Gasteiger partial charge >= 0.3 is 0 Å². The van der Waals surface area contributed by atoms with Crippen molar-refractivity contribution in [2.75, 3.05) is 31.9 Å². The maximum Gasteiger partial charge on any atom is 0.240 e. The van der Waals surface area contributed by atoms with E-state index in [0.717, 1.165) is 31.6 Å². The zero-order valence-corrected chi connectivity index (χ0v) is 13.3. The first-order valence-electron chi connectivity index (χ1n) is 6.98. The van der Waals surface area contributed by atoms with Crippen molar-refractivity contribution in [1.82, 2.24) is 9.62 Å². The molecule has 0 aliphatic carbocycles. The van der Waals surface area contributed by atoms with Crippen LogP contribution in [0.1, 0.15) is 25.8 Å². The summed E-state index contributed by atoms with van der Waals surface area (Å²) < 4.78 is 26.8. The molecule has 0 aliphatic rings. The lowest BCUT2D eigenvalue weighted by molar-refractivity contribution is 0.300. The number of nitrogens with two attached hydrogens (primary N) is 1. The summed E-state index contributed by atoms with van der Waals surface area (Å²) in [7, 11) is -3.46. The number of aryl methyl sites for hydroxylation is 1. The molecule has 6 heteroatoms. The van der Waals surface area contributed by atoms with Crippen molar-refractivity contribution >= 4 is 15.7 Å². The zero-order chi connectivity index (χ0) is 15.2. The van der Waals surface area contributed by atoms with E-state index in [9.17, 15) is 8.42 Å². The minimum atomic E-state index is -3.46. The molecule has 1 aromatic carbocycles. The highest BCUT2D eigenvalue weighted by Gasteiger charge is 2.14. The number of hydrogen-bond acceptors (Lipinski definition) is 4. The second-order valence-electron chi connectivity index (χ2n) is 4.80. The standard InChI is InChI=1S/C14H25N3O2S/c1-4-17(5-2)10-6-9-16-20(18,19)13-8-7-12(3)14(15)11-13/h7-8,11,16H,4-6,9-10,15H2,1-3H3. The summed E-state index contributed by atoms with van der Waals surface area (Å²) in [6.45, 7) is 9.35. The molecule has 0 bridgehead atoms.